The third kappa shape index (κ3) is 3.66. The average molecular weight is 431 g/mol. The van der Waals surface area contributed by atoms with Crippen molar-refractivity contribution in [2.24, 2.45) is 0 Å². The highest BCUT2D eigenvalue weighted by atomic mass is 35.5. The van der Waals surface area contributed by atoms with Gasteiger partial charge < -0.3 is 4.74 Å². The van der Waals surface area contributed by atoms with Gasteiger partial charge in [0.25, 0.3) is 5.91 Å². The Hall–Kier alpha value is -1.24. The zero-order valence-corrected chi connectivity index (χ0v) is 16.7. The van der Waals surface area contributed by atoms with Crippen LogP contribution in [0.5, 0.6) is 5.75 Å². The van der Waals surface area contributed by atoms with Gasteiger partial charge in [-0.25, -0.2) is 0 Å². The summed E-state index contributed by atoms with van der Waals surface area (Å²) in [5, 5.41) is 1.21. The molecule has 0 unspecified atom stereocenters. The monoisotopic (exact) mass is 429 g/mol. The van der Waals surface area contributed by atoms with Crippen molar-refractivity contribution in [1.82, 2.24) is 0 Å². The number of anilines is 1. The van der Waals surface area contributed by atoms with E-state index in [1.165, 1.54) is 23.8 Å². The van der Waals surface area contributed by atoms with Gasteiger partial charge in [-0.2, -0.15) is 0 Å². The van der Waals surface area contributed by atoms with Crippen molar-refractivity contribution in [3.8, 4) is 5.75 Å². The number of benzene rings is 2. The quantitative estimate of drug-likeness (QED) is 0.437. The molecule has 2 aromatic rings. The normalized spacial score (nSPS) is 16.0. The lowest BCUT2D eigenvalue weighted by atomic mass is 10.2. The first-order valence-electron chi connectivity index (χ1n) is 6.98. The summed E-state index contributed by atoms with van der Waals surface area (Å²) in [6.45, 7) is 0. The number of hydrogen-bond acceptors (Lipinski definition) is 4. The second kappa shape index (κ2) is 7.56. The molecule has 1 saturated heterocycles. The van der Waals surface area contributed by atoms with E-state index in [2.05, 4.69) is 0 Å². The van der Waals surface area contributed by atoms with E-state index in [0.29, 0.717) is 41.3 Å². The van der Waals surface area contributed by atoms with Gasteiger partial charge in [0, 0.05) is 0 Å². The van der Waals surface area contributed by atoms with Crippen LogP contribution in [0, 0.1) is 0 Å². The molecule has 1 heterocycles. The molecule has 3 nitrogen and oxygen atoms in total. The van der Waals surface area contributed by atoms with E-state index in [1.807, 2.05) is 0 Å². The Morgan fingerprint density at radius 2 is 1.92 bits per heavy atom. The van der Waals surface area contributed by atoms with Crippen molar-refractivity contribution in [2.45, 2.75) is 0 Å². The minimum Gasteiger partial charge on any atom is -0.495 e. The fraction of sp³-hybridized carbons (Fsp3) is 0.0588. The maximum Gasteiger partial charge on any atom is 0.270 e. The molecule has 8 heteroatoms. The Bertz CT molecular complexity index is 915. The summed E-state index contributed by atoms with van der Waals surface area (Å²) in [7, 11) is 1.53. The number of ether oxygens (including phenoxy) is 1. The van der Waals surface area contributed by atoms with E-state index in [-0.39, 0.29) is 5.91 Å². The van der Waals surface area contributed by atoms with Crippen LogP contribution in [-0.4, -0.2) is 17.3 Å². The number of nitrogens with zero attached hydrogens (tertiary/aromatic N) is 1. The average Bonchev–Trinajstić information content (AvgIpc) is 2.85. The van der Waals surface area contributed by atoms with Gasteiger partial charge in [-0.05, 0) is 35.9 Å². The largest absolute Gasteiger partial charge is 0.495 e. The molecule has 0 atom stereocenters. The molecule has 0 aromatic heterocycles. The molecule has 1 aliphatic heterocycles. The molecule has 0 saturated carbocycles. The Morgan fingerprint density at radius 1 is 1.16 bits per heavy atom. The zero-order chi connectivity index (χ0) is 18.1. The van der Waals surface area contributed by atoms with Crippen LogP contribution in [0.4, 0.5) is 5.69 Å². The third-order valence-corrected chi connectivity index (χ3v) is 5.89. The summed E-state index contributed by atoms with van der Waals surface area (Å²) >= 11 is 24.9. The van der Waals surface area contributed by atoms with Crippen LogP contribution in [0.15, 0.2) is 41.3 Å². The number of methoxy groups -OCH3 is 1. The third-order valence-electron chi connectivity index (χ3n) is 3.46. The topological polar surface area (TPSA) is 29.5 Å². The van der Waals surface area contributed by atoms with E-state index in [4.69, 9.17) is 51.8 Å². The van der Waals surface area contributed by atoms with Crippen LogP contribution in [0.25, 0.3) is 6.08 Å². The number of thiocarbonyl (C=S) groups is 1. The van der Waals surface area contributed by atoms with Crippen molar-refractivity contribution in [3.05, 3.63) is 61.9 Å². The maximum atomic E-state index is 12.8. The summed E-state index contributed by atoms with van der Waals surface area (Å²) < 4.78 is 5.54. The van der Waals surface area contributed by atoms with Crippen molar-refractivity contribution >= 4 is 80.8 Å². The minimum atomic E-state index is -0.243. The Morgan fingerprint density at radius 3 is 2.60 bits per heavy atom. The fourth-order valence-electron chi connectivity index (χ4n) is 2.26. The van der Waals surface area contributed by atoms with Gasteiger partial charge in [0.2, 0.25) is 0 Å². The first-order chi connectivity index (χ1) is 11.9. The number of amides is 1. The standard InChI is InChI=1S/C17H10Cl3NO2S2/c1-23-13-6-5-10(8-12(13)19)21-16(22)14(25-17(21)24)7-9-3-2-4-11(18)15(9)20/h2-8H,1H3/b14-7+. The molecular formula is C17H10Cl3NO2S2. The van der Waals surface area contributed by atoms with Crippen molar-refractivity contribution < 1.29 is 9.53 Å². The van der Waals surface area contributed by atoms with Gasteiger partial charge in [-0.15, -0.1) is 0 Å². The number of thioether (sulfide) groups is 1. The molecule has 128 valence electrons. The van der Waals surface area contributed by atoms with E-state index >= 15 is 0 Å². The van der Waals surface area contributed by atoms with E-state index < -0.39 is 0 Å². The lowest BCUT2D eigenvalue weighted by Crippen LogP contribution is -2.27. The highest BCUT2D eigenvalue weighted by Gasteiger charge is 2.33. The summed E-state index contributed by atoms with van der Waals surface area (Å²) in [6.07, 6.45) is 1.68. The molecule has 25 heavy (non-hydrogen) atoms. The number of carbonyl (C=O) groups excluding carboxylic acids is 1. The second-order valence-electron chi connectivity index (χ2n) is 4.98. The number of carbonyl (C=O) groups is 1. The Labute approximate surface area is 169 Å². The summed E-state index contributed by atoms with van der Waals surface area (Å²) in [6, 6.07) is 10.3. The van der Waals surface area contributed by atoms with Crippen molar-refractivity contribution in [3.63, 3.8) is 0 Å². The predicted molar refractivity (Wildman–Crippen MR) is 110 cm³/mol. The SMILES string of the molecule is COc1ccc(N2C(=O)/C(=C\c3cccc(Cl)c3Cl)SC2=S)cc1Cl. The van der Waals surface area contributed by atoms with Gasteiger partial charge in [0.15, 0.2) is 4.32 Å². The lowest BCUT2D eigenvalue weighted by molar-refractivity contribution is -0.113. The fourth-order valence-corrected chi connectivity index (χ4v) is 4.16. The number of hydrogen-bond donors (Lipinski definition) is 0. The maximum absolute atomic E-state index is 12.8. The highest BCUT2D eigenvalue weighted by molar-refractivity contribution is 8.27. The second-order valence-corrected chi connectivity index (χ2v) is 7.85. The van der Waals surface area contributed by atoms with Gasteiger partial charge in [-0.1, -0.05) is 70.9 Å². The van der Waals surface area contributed by atoms with Crippen LogP contribution in [-0.2, 0) is 4.79 Å². The zero-order valence-electron chi connectivity index (χ0n) is 12.8. The van der Waals surface area contributed by atoms with Crippen molar-refractivity contribution in [2.75, 3.05) is 12.0 Å². The lowest BCUT2D eigenvalue weighted by Gasteiger charge is -2.15. The molecule has 3 rings (SSSR count). The van der Waals surface area contributed by atoms with E-state index in [9.17, 15) is 4.79 Å². The molecular weight excluding hydrogens is 421 g/mol. The number of rotatable bonds is 3. The molecule has 1 fully saturated rings. The summed E-state index contributed by atoms with van der Waals surface area (Å²) in [4.78, 5) is 14.7. The van der Waals surface area contributed by atoms with Crippen molar-refractivity contribution in [1.29, 1.82) is 0 Å². The molecule has 0 aliphatic carbocycles. The van der Waals surface area contributed by atoms with Crippen LogP contribution in [0.1, 0.15) is 5.56 Å². The molecule has 1 aliphatic rings. The Kier molecular flexibility index (Phi) is 5.61. The van der Waals surface area contributed by atoms with Gasteiger partial charge >= 0.3 is 0 Å². The van der Waals surface area contributed by atoms with Crippen LogP contribution >= 0.6 is 58.8 Å². The van der Waals surface area contributed by atoms with Crippen LogP contribution < -0.4 is 9.64 Å². The van der Waals surface area contributed by atoms with Gasteiger partial charge in [0.1, 0.15) is 5.75 Å². The van der Waals surface area contributed by atoms with Crippen LogP contribution in [0.3, 0.4) is 0 Å². The minimum absolute atomic E-state index is 0.243. The summed E-state index contributed by atoms with van der Waals surface area (Å²) in [5.41, 5.74) is 1.23. The molecule has 0 radical (unpaired) electrons. The van der Waals surface area contributed by atoms with Gasteiger partial charge in [-0.3, -0.25) is 9.69 Å². The van der Waals surface area contributed by atoms with E-state index in [0.717, 1.165) is 0 Å². The van der Waals surface area contributed by atoms with Crippen LogP contribution in [0.2, 0.25) is 15.1 Å². The predicted octanol–water partition coefficient (Wildman–Crippen LogP) is 6.06. The first kappa shape index (κ1) is 18.5. The molecule has 2 aromatic carbocycles. The molecule has 1 amide bonds. The Balaban J connectivity index is 1.96. The summed E-state index contributed by atoms with van der Waals surface area (Å²) in [5.74, 6) is 0.282. The smallest absolute Gasteiger partial charge is 0.270 e. The van der Waals surface area contributed by atoms with E-state index in [1.54, 1.807) is 42.5 Å². The van der Waals surface area contributed by atoms with Gasteiger partial charge in [0.05, 0.1) is 32.8 Å². The molecule has 0 bridgehead atoms. The molecule has 0 N–H and O–H groups in total. The first-order valence-corrected chi connectivity index (χ1v) is 9.33. The number of halogens is 3. The highest BCUT2D eigenvalue weighted by Crippen LogP contribution is 2.39. The molecule has 0 spiro atoms.